The van der Waals surface area contributed by atoms with E-state index in [0.717, 1.165) is 6.42 Å². The van der Waals surface area contributed by atoms with E-state index in [1.165, 1.54) is 0 Å². The van der Waals surface area contributed by atoms with Crippen LogP contribution < -0.4 is 0 Å². The van der Waals surface area contributed by atoms with Gasteiger partial charge in [-0.15, -0.1) is 0 Å². The van der Waals surface area contributed by atoms with Crippen molar-refractivity contribution in [1.82, 2.24) is 0 Å². The highest BCUT2D eigenvalue weighted by Crippen LogP contribution is 1.99. The van der Waals surface area contributed by atoms with Gasteiger partial charge in [-0.2, -0.15) is 0 Å². The Morgan fingerprint density at radius 1 is 1.71 bits per heavy atom. The van der Waals surface area contributed by atoms with E-state index in [-0.39, 0.29) is 6.10 Å². The Morgan fingerprint density at radius 2 is 2.57 bits per heavy atom. The van der Waals surface area contributed by atoms with Crippen molar-refractivity contribution in [1.29, 1.82) is 0 Å². The van der Waals surface area contributed by atoms with Crippen LogP contribution in [0.3, 0.4) is 0 Å². The van der Waals surface area contributed by atoms with Crippen molar-refractivity contribution >= 4 is 0 Å². The van der Waals surface area contributed by atoms with Crippen LogP contribution in [0, 0.1) is 6.08 Å². The third-order valence-electron chi connectivity index (χ3n) is 0.880. The van der Waals surface area contributed by atoms with Crippen molar-refractivity contribution < 1.29 is 5.11 Å². The van der Waals surface area contributed by atoms with Gasteiger partial charge in [0.05, 0.1) is 6.10 Å². The first kappa shape index (κ1) is 4.60. The summed E-state index contributed by atoms with van der Waals surface area (Å²) in [6.45, 7) is 0. The van der Waals surface area contributed by atoms with Crippen molar-refractivity contribution in [3.63, 3.8) is 0 Å². The molecule has 0 saturated carbocycles. The molecule has 0 aromatic rings. The molecular weight excluding hydrogens is 88.1 g/mol. The van der Waals surface area contributed by atoms with Crippen molar-refractivity contribution in [2.45, 2.75) is 12.5 Å². The van der Waals surface area contributed by atoms with Crippen molar-refractivity contribution in [2.75, 3.05) is 0 Å². The lowest BCUT2D eigenvalue weighted by Crippen LogP contribution is -2.01. The summed E-state index contributed by atoms with van der Waals surface area (Å²) in [6.07, 6.45) is 8.62. The molecule has 1 N–H and O–H groups in total. The molecule has 0 fully saturated rings. The van der Waals surface area contributed by atoms with Gasteiger partial charge in [-0.1, -0.05) is 18.2 Å². The van der Waals surface area contributed by atoms with Crippen LogP contribution in [0.2, 0.25) is 0 Å². The number of hydrogen-bond acceptors (Lipinski definition) is 1. The highest BCUT2D eigenvalue weighted by atomic mass is 16.3. The third-order valence-corrected chi connectivity index (χ3v) is 0.880. The minimum Gasteiger partial charge on any atom is -0.388 e. The molecule has 1 rings (SSSR count). The van der Waals surface area contributed by atoms with Crippen LogP contribution in [0.5, 0.6) is 0 Å². The predicted octanol–water partition coefficient (Wildman–Crippen LogP) is 0.667. The fraction of sp³-hybridized carbons (Fsp3) is 0.333. The van der Waals surface area contributed by atoms with Crippen LogP contribution >= 0.6 is 0 Å². The van der Waals surface area contributed by atoms with E-state index in [9.17, 15) is 0 Å². The van der Waals surface area contributed by atoms with Gasteiger partial charge in [0, 0.05) is 0 Å². The Kier molecular flexibility index (Phi) is 1.27. The zero-order valence-electron chi connectivity index (χ0n) is 3.96. The van der Waals surface area contributed by atoms with E-state index in [0.29, 0.717) is 0 Å². The van der Waals surface area contributed by atoms with Crippen LogP contribution in [0.4, 0.5) is 0 Å². The summed E-state index contributed by atoms with van der Waals surface area (Å²) in [7, 11) is 0. The highest BCUT2D eigenvalue weighted by molar-refractivity contribution is 5.06. The Bertz CT molecular complexity index is 103. The van der Waals surface area contributed by atoms with E-state index in [4.69, 9.17) is 5.11 Å². The Hall–Kier alpha value is -0.560. The summed E-state index contributed by atoms with van der Waals surface area (Å²) >= 11 is 0. The first-order chi connectivity index (χ1) is 3.39. The lowest BCUT2D eigenvalue weighted by atomic mass is 10.1. The lowest BCUT2D eigenvalue weighted by molar-refractivity contribution is 0.218. The Morgan fingerprint density at radius 3 is 2.86 bits per heavy atom. The second-order valence-electron chi connectivity index (χ2n) is 1.51. The van der Waals surface area contributed by atoms with Crippen LogP contribution in [0.15, 0.2) is 18.2 Å². The maximum atomic E-state index is 8.72. The quantitative estimate of drug-likeness (QED) is 0.468. The summed E-state index contributed by atoms with van der Waals surface area (Å²) < 4.78 is 0. The average Bonchev–Trinajstić information content (AvgIpc) is 1.69. The zero-order chi connectivity index (χ0) is 5.11. The molecule has 1 heteroatoms. The number of aliphatic hydroxyl groups excluding tert-OH is 1. The minimum absolute atomic E-state index is 0.356. The van der Waals surface area contributed by atoms with Gasteiger partial charge in [0.1, 0.15) is 0 Å². The van der Waals surface area contributed by atoms with Crippen molar-refractivity contribution in [3.05, 3.63) is 24.3 Å². The Labute approximate surface area is 43.0 Å². The topological polar surface area (TPSA) is 20.2 Å². The van der Waals surface area contributed by atoms with Gasteiger partial charge in [-0.05, 0) is 12.5 Å². The fourth-order valence-corrected chi connectivity index (χ4v) is 0.510. The van der Waals surface area contributed by atoms with Gasteiger partial charge < -0.3 is 5.11 Å². The maximum absolute atomic E-state index is 8.72. The molecule has 0 bridgehead atoms. The summed E-state index contributed by atoms with van der Waals surface area (Å²) in [5, 5.41) is 8.72. The van der Waals surface area contributed by atoms with E-state index in [2.05, 4.69) is 6.08 Å². The molecule has 1 aliphatic carbocycles. The molecule has 0 heterocycles. The second kappa shape index (κ2) is 1.94. The molecule has 0 saturated heterocycles. The third kappa shape index (κ3) is 1.16. The smallest absolute Gasteiger partial charge is 0.0828 e. The summed E-state index contributed by atoms with van der Waals surface area (Å²) in [5.41, 5.74) is 0. The summed E-state index contributed by atoms with van der Waals surface area (Å²) in [6, 6.07) is 0. The maximum Gasteiger partial charge on any atom is 0.0828 e. The molecule has 0 aromatic carbocycles. The summed E-state index contributed by atoms with van der Waals surface area (Å²) in [4.78, 5) is 0. The fourth-order valence-electron chi connectivity index (χ4n) is 0.510. The monoisotopic (exact) mass is 95.0 g/mol. The standard InChI is InChI=1S/C6H7O/c7-6-4-2-1-3-5-6/h1-3,6-7H,4H2. The van der Waals surface area contributed by atoms with Crippen molar-refractivity contribution in [2.24, 2.45) is 0 Å². The van der Waals surface area contributed by atoms with Gasteiger partial charge in [0.25, 0.3) is 0 Å². The number of rotatable bonds is 0. The van der Waals surface area contributed by atoms with E-state index >= 15 is 0 Å². The van der Waals surface area contributed by atoms with E-state index in [1.54, 1.807) is 6.08 Å². The van der Waals surface area contributed by atoms with Crippen LogP contribution in [-0.2, 0) is 0 Å². The first-order valence-corrected chi connectivity index (χ1v) is 2.32. The molecule has 1 atom stereocenters. The lowest BCUT2D eigenvalue weighted by Gasteiger charge is -2.00. The second-order valence-corrected chi connectivity index (χ2v) is 1.51. The molecular formula is C6H7O. The van der Waals surface area contributed by atoms with Gasteiger partial charge in [-0.25, -0.2) is 0 Å². The molecule has 0 aromatic heterocycles. The minimum atomic E-state index is -0.356. The predicted molar refractivity (Wildman–Crippen MR) is 27.6 cm³/mol. The van der Waals surface area contributed by atoms with Gasteiger partial charge in [0.2, 0.25) is 0 Å². The molecule has 0 spiro atoms. The zero-order valence-corrected chi connectivity index (χ0v) is 3.96. The number of hydrogen-bond donors (Lipinski definition) is 1. The van der Waals surface area contributed by atoms with E-state index < -0.39 is 0 Å². The van der Waals surface area contributed by atoms with E-state index in [1.807, 2.05) is 12.2 Å². The van der Waals surface area contributed by atoms with Gasteiger partial charge in [0.15, 0.2) is 0 Å². The Balaban J connectivity index is 2.49. The van der Waals surface area contributed by atoms with Gasteiger partial charge in [-0.3, -0.25) is 0 Å². The molecule has 7 heavy (non-hydrogen) atoms. The molecule has 0 aliphatic heterocycles. The molecule has 1 nitrogen and oxygen atoms in total. The van der Waals surface area contributed by atoms with Gasteiger partial charge >= 0.3 is 0 Å². The largest absolute Gasteiger partial charge is 0.388 e. The molecule has 37 valence electrons. The molecule has 1 unspecified atom stereocenters. The van der Waals surface area contributed by atoms with Crippen LogP contribution in [0.25, 0.3) is 0 Å². The van der Waals surface area contributed by atoms with Crippen LogP contribution in [0.1, 0.15) is 6.42 Å². The molecule has 1 aliphatic rings. The molecule has 1 radical (unpaired) electrons. The summed E-state index contributed by atoms with van der Waals surface area (Å²) in [5.74, 6) is 0. The van der Waals surface area contributed by atoms with Crippen molar-refractivity contribution in [3.8, 4) is 0 Å². The SMILES string of the molecule is OC1[C]=CC=CC1. The average molecular weight is 95.1 g/mol. The first-order valence-electron chi connectivity index (χ1n) is 2.32. The normalized spacial score (nSPS) is 28.4. The highest BCUT2D eigenvalue weighted by Gasteiger charge is 1.95. The number of allylic oxidation sites excluding steroid dienone is 2. The molecule has 0 amide bonds. The van der Waals surface area contributed by atoms with Crippen LogP contribution in [-0.4, -0.2) is 11.2 Å². The number of aliphatic hydroxyl groups is 1.